The van der Waals surface area contributed by atoms with Gasteiger partial charge in [0, 0.05) is 0 Å². The first kappa shape index (κ1) is 16.8. The zero-order chi connectivity index (χ0) is 18.2. The Morgan fingerprint density at radius 2 is 2.04 bits per heavy atom. The summed E-state index contributed by atoms with van der Waals surface area (Å²) in [5, 5.41) is 12.5. The minimum atomic E-state index is 0.0398. The number of hydrogen-bond acceptors (Lipinski definition) is 5. The van der Waals surface area contributed by atoms with E-state index in [0.29, 0.717) is 5.75 Å². The number of thioether (sulfide) groups is 1. The van der Waals surface area contributed by atoms with Crippen molar-refractivity contribution >= 4 is 44.2 Å². The van der Waals surface area contributed by atoms with Crippen LogP contribution in [0.5, 0.6) is 0 Å². The monoisotopic (exact) mass is 394 g/mol. The summed E-state index contributed by atoms with van der Waals surface area (Å²) in [6, 6.07) is 16.7. The van der Waals surface area contributed by atoms with Crippen LogP contribution < -0.4 is 5.32 Å². The van der Waals surface area contributed by atoms with Gasteiger partial charge in [0.25, 0.3) is 0 Å². The molecular weight excluding hydrogens is 376 g/mol. The molecule has 0 aliphatic heterocycles. The van der Waals surface area contributed by atoms with Crippen LogP contribution in [0.25, 0.3) is 15.2 Å². The van der Waals surface area contributed by atoms with E-state index < -0.39 is 0 Å². The van der Waals surface area contributed by atoms with E-state index in [1.165, 1.54) is 27.6 Å². The van der Waals surface area contributed by atoms with Gasteiger partial charge in [0.1, 0.15) is 0 Å². The summed E-state index contributed by atoms with van der Waals surface area (Å²) in [5.41, 5.74) is 3.70. The highest BCUT2D eigenvalue weighted by Gasteiger charge is 2.22. The molecule has 5 rings (SSSR count). The molecule has 136 valence electrons. The van der Waals surface area contributed by atoms with Crippen LogP contribution >= 0.6 is 23.1 Å². The third-order valence-electron chi connectivity index (χ3n) is 4.95. The molecule has 0 spiro atoms. The molecule has 2 heterocycles. The Labute approximate surface area is 164 Å². The van der Waals surface area contributed by atoms with Gasteiger partial charge in [-0.25, -0.2) is 0 Å². The van der Waals surface area contributed by atoms with Crippen LogP contribution in [0.1, 0.15) is 30.0 Å². The summed E-state index contributed by atoms with van der Waals surface area (Å²) in [4.78, 5) is 13.4. The second kappa shape index (κ2) is 6.98. The molecule has 1 atom stereocenters. The Kier molecular flexibility index (Phi) is 4.33. The number of amides is 1. The predicted octanol–water partition coefficient (Wildman–Crippen LogP) is 4.23. The fourth-order valence-electron chi connectivity index (χ4n) is 3.72. The van der Waals surface area contributed by atoms with Crippen molar-refractivity contribution < 1.29 is 4.79 Å². The van der Waals surface area contributed by atoms with Gasteiger partial charge in [-0.1, -0.05) is 59.5 Å². The molecule has 1 aliphatic carbocycles. The van der Waals surface area contributed by atoms with Gasteiger partial charge in [0.05, 0.1) is 22.0 Å². The van der Waals surface area contributed by atoms with Crippen molar-refractivity contribution in [1.29, 1.82) is 0 Å². The first-order valence-electron chi connectivity index (χ1n) is 9.02. The van der Waals surface area contributed by atoms with Crippen LogP contribution in [-0.4, -0.2) is 26.3 Å². The van der Waals surface area contributed by atoms with Gasteiger partial charge in [-0.05, 0) is 42.5 Å². The first-order chi connectivity index (χ1) is 13.3. The molecule has 0 saturated carbocycles. The normalized spacial score (nSPS) is 16.5. The van der Waals surface area contributed by atoms with Gasteiger partial charge >= 0.3 is 0 Å². The Bertz CT molecular complexity index is 1130. The summed E-state index contributed by atoms with van der Waals surface area (Å²) < 4.78 is 3.21. The Morgan fingerprint density at radius 1 is 1.19 bits per heavy atom. The van der Waals surface area contributed by atoms with E-state index in [4.69, 9.17) is 0 Å². The van der Waals surface area contributed by atoms with Crippen LogP contribution in [0.4, 0.5) is 0 Å². The molecule has 27 heavy (non-hydrogen) atoms. The largest absolute Gasteiger partial charge is 0.349 e. The quantitative estimate of drug-likeness (QED) is 0.526. The summed E-state index contributed by atoms with van der Waals surface area (Å²) in [6.07, 6.45) is 3.21. The molecular formula is C20H18N4OS2. The van der Waals surface area contributed by atoms with Gasteiger partial charge in [0.15, 0.2) is 5.16 Å². The maximum atomic E-state index is 12.6. The van der Waals surface area contributed by atoms with E-state index in [2.05, 4.69) is 45.8 Å². The summed E-state index contributed by atoms with van der Waals surface area (Å²) in [6.45, 7) is 0. The van der Waals surface area contributed by atoms with E-state index in [1.54, 1.807) is 11.3 Å². The maximum Gasteiger partial charge on any atom is 0.230 e. The van der Waals surface area contributed by atoms with E-state index in [0.717, 1.165) is 34.9 Å². The van der Waals surface area contributed by atoms with Crippen LogP contribution in [0.3, 0.4) is 0 Å². The first-order valence-corrected chi connectivity index (χ1v) is 10.8. The molecule has 7 heteroatoms. The topological polar surface area (TPSA) is 59.3 Å². The number of aromatic nitrogens is 3. The molecule has 1 N–H and O–H groups in total. The van der Waals surface area contributed by atoms with Crippen molar-refractivity contribution in [2.75, 3.05) is 5.75 Å². The average molecular weight is 395 g/mol. The SMILES string of the molecule is O=C(CSc1nnc2sc3ccccc3n12)N[C@@H]1CCCc2ccccc21. The number of benzene rings is 2. The fraction of sp³-hybridized carbons (Fsp3) is 0.250. The predicted molar refractivity (Wildman–Crippen MR) is 109 cm³/mol. The number of thiazole rings is 1. The van der Waals surface area contributed by atoms with Crippen molar-refractivity contribution in [1.82, 2.24) is 19.9 Å². The number of carbonyl (C=O) groups is 1. The number of aryl methyl sites for hydroxylation is 1. The molecule has 0 bridgehead atoms. The number of hydrogen-bond donors (Lipinski definition) is 1. The van der Waals surface area contributed by atoms with Crippen molar-refractivity contribution in [3.05, 3.63) is 59.7 Å². The lowest BCUT2D eigenvalue weighted by molar-refractivity contribution is -0.119. The summed E-state index contributed by atoms with van der Waals surface area (Å²) in [5.74, 6) is 0.377. The molecule has 0 radical (unpaired) electrons. The highest BCUT2D eigenvalue weighted by Crippen LogP contribution is 2.31. The Morgan fingerprint density at radius 3 is 3.00 bits per heavy atom. The lowest BCUT2D eigenvalue weighted by Crippen LogP contribution is -2.32. The van der Waals surface area contributed by atoms with Gasteiger partial charge < -0.3 is 5.32 Å². The van der Waals surface area contributed by atoms with Crippen molar-refractivity contribution in [3.8, 4) is 0 Å². The molecule has 1 aliphatic rings. The third-order valence-corrected chi connectivity index (χ3v) is 6.89. The lowest BCUT2D eigenvalue weighted by Gasteiger charge is -2.26. The van der Waals surface area contributed by atoms with Gasteiger partial charge in [0.2, 0.25) is 10.9 Å². The molecule has 2 aromatic carbocycles. The minimum Gasteiger partial charge on any atom is -0.349 e. The Balaban J connectivity index is 1.31. The molecule has 4 aromatic rings. The van der Waals surface area contributed by atoms with E-state index in [1.807, 2.05) is 22.6 Å². The van der Waals surface area contributed by atoms with Gasteiger partial charge in [-0.2, -0.15) is 0 Å². The molecule has 5 nitrogen and oxygen atoms in total. The third kappa shape index (κ3) is 3.11. The summed E-state index contributed by atoms with van der Waals surface area (Å²) >= 11 is 3.05. The minimum absolute atomic E-state index is 0.0398. The second-order valence-corrected chi connectivity index (χ2v) is 8.62. The standard InChI is InChI=1S/C20H18N4OS2/c25-18(21-15-9-5-7-13-6-1-2-8-14(13)15)12-26-19-22-23-20-24(19)16-10-3-4-11-17(16)27-20/h1-4,6,8,10-11,15H,5,7,9,12H2,(H,21,25)/t15-/m1/s1. The zero-order valence-electron chi connectivity index (χ0n) is 14.6. The van der Waals surface area contributed by atoms with Crippen LogP contribution in [0.15, 0.2) is 53.7 Å². The van der Waals surface area contributed by atoms with Crippen LogP contribution in [0.2, 0.25) is 0 Å². The van der Waals surface area contributed by atoms with Crippen molar-refractivity contribution in [2.45, 2.75) is 30.5 Å². The number of carbonyl (C=O) groups excluding carboxylic acids is 1. The van der Waals surface area contributed by atoms with E-state index in [-0.39, 0.29) is 11.9 Å². The van der Waals surface area contributed by atoms with E-state index in [9.17, 15) is 4.79 Å². The van der Waals surface area contributed by atoms with E-state index >= 15 is 0 Å². The summed E-state index contributed by atoms with van der Waals surface area (Å²) in [7, 11) is 0. The fourth-order valence-corrected chi connectivity index (χ4v) is 5.50. The number of fused-ring (bicyclic) bond motifs is 4. The highest BCUT2D eigenvalue weighted by atomic mass is 32.2. The molecule has 1 amide bonds. The molecule has 0 unspecified atom stereocenters. The zero-order valence-corrected chi connectivity index (χ0v) is 16.2. The molecule has 0 fully saturated rings. The second-order valence-electron chi connectivity index (χ2n) is 6.67. The average Bonchev–Trinajstić information content (AvgIpc) is 3.26. The number of rotatable bonds is 4. The lowest BCUT2D eigenvalue weighted by atomic mass is 9.88. The van der Waals surface area contributed by atoms with Crippen LogP contribution in [-0.2, 0) is 11.2 Å². The molecule has 0 saturated heterocycles. The smallest absolute Gasteiger partial charge is 0.230 e. The highest BCUT2D eigenvalue weighted by molar-refractivity contribution is 7.99. The van der Waals surface area contributed by atoms with Crippen LogP contribution in [0, 0.1) is 0 Å². The Hall–Kier alpha value is -2.38. The van der Waals surface area contributed by atoms with Gasteiger partial charge in [-0.3, -0.25) is 9.20 Å². The van der Waals surface area contributed by atoms with Crippen molar-refractivity contribution in [3.63, 3.8) is 0 Å². The van der Waals surface area contributed by atoms with Crippen molar-refractivity contribution in [2.24, 2.45) is 0 Å². The van der Waals surface area contributed by atoms with Gasteiger partial charge in [-0.15, -0.1) is 10.2 Å². The number of nitrogens with one attached hydrogen (secondary N) is 1. The number of nitrogens with zero attached hydrogens (tertiary/aromatic N) is 3. The number of para-hydroxylation sites is 1. The maximum absolute atomic E-state index is 12.6. The molecule has 2 aromatic heterocycles.